The molecule has 2 heterocycles. The molecule has 1 saturated heterocycles. The Labute approximate surface area is 200 Å². The van der Waals surface area contributed by atoms with Gasteiger partial charge in [0.1, 0.15) is 36.5 Å². The van der Waals surface area contributed by atoms with Gasteiger partial charge in [-0.05, 0) is 49.4 Å². The quantitative estimate of drug-likeness (QED) is 0.142. The highest BCUT2D eigenvalue weighted by Gasteiger charge is 2.44. The molecule has 1 fully saturated rings. The van der Waals surface area contributed by atoms with Crippen LogP contribution in [0.15, 0.2) is 39.2 Å². The van der Waals surface area contributed by atoms with Gasteiger partial charge in [0, 0.05) is 17.0 Å². The van der Waals surface area contributed by atoms with Crippen LogP contribution in [-0.4, -0.2) is 75.1 Å². The van der Waals surface area contributed by atoms with Gasteiger partial charge in [-0.1, -0.05) is 0 Å². The van der Waals surface area contributed by atoms with Crippen molar-refractivity contribution >= 4 is 22.6 Å². The smallest absolute Gasteiger partial charge is 0.336 e. The molecule has 2 aliphatic rings. The predicted octanol–water partition coefficient (Wildman–Crippen LogP) is -1.76. The number of nitrogens with one attached hydrogen (secondary N) is 1. The van der Waals surface area contributed by atoms with Crippen LogP contribution in [0.25, 0.3) is 16.7 Å². The van der Waals surface area contributed by atoms with E-state index >= 15 is 0 Å². The number of fused-ring (bicyclic) bond motifs is 2. The monoisotopic (exact) mass is 490 g/mol. The van der Waals surface area contributed by atoms with E-state index in [-0.39, 0.29) is 6.54 Å². The highest BCUT2D eigenvalue weighted by molar-refractivity contribution is 5.84. The Hall–Kier alpha value is -3.00. The van der Waals surface area contributed by atoms with Crippen LogP contribution in [0.3, 0.4) is 0 Å². The van der Waals surface area contributed by atoms with Gasteiger partial charge in [0.05, 0.1) is 18.0 Å². The first kappa shape index (κ1) is 25.1. The van der Waals surface area contributed by atoms with Crippen molar-refractivity contribution in [2.24, 2.45) is 11.6 Å². The van der Waals surface area contributed by atoms with Crippen molar-refractivity contribution in [1.29, 1.82) is 0 Å². The molecule has 1 amide bonds. The Balaban J connectivity index is 1.55. The van der Waals surface area contributed by atoms with E-state index in [1.165, 1.54) is 11.1 Å². The normalized spacial score (nSPS) is 29.2. The summed E-state index contributed by atoms with van der Waals surface area (Å²) in [6.07, 6.45) is -2.98. The number of aryl methyl sites for hydroxylation is 1. The van der Waals surface area contributed by atoms with Crippen LogP contribution >= 0.6 is 0 Å². The SMILES string of the molecule is N/C1=C(\N(N)CC(=O)NC2C(O)OC(CO)C(O)C2O)CCCCc2cc3ccc(=O)oc3cc21. The standard InChI is InChI=1S/C23H30N4O8/c24-19-13-8-15-12(5-6-18(30)34-15)7-11(13)3-1-2-4-14(19)27(25)9-17(29)26-20-22(32)21(31)16(10-28)35-23(20)33/h5-8,16,20-23,28,31-33H,1-4,9-10,24-25H2,(H,26,29)/b19-14-. The molecular formula is C23H30N4O8. The Kier molecular flexibility index (Phi) is 7.40. The number of carbonyl (C=O) groups is 1. The number of nitrogens with zero attached hydrogens (tertiary/aromatic N) is 1. The van der Waals surface area contributed by atoms with Crippen LogP contribution in [0.1, 0.15) is 30.4 Å². The summed E-state index contributed by atoms with van der Waals surface area (Å²) in [5.41, 5.74) is 8.91. The number of carbonyl (C=O) groups excluding carboxylic acids is 1. The molecule has 12 nitrogen and oxygen atoms in total. The highest BCUT2D eigenvalue weighted by atomic mass is 16.6. The maximum absolute atomic E-state index is 12.7. The number of ether oxygens (including phenoxy) is 1. The summed E-state index contributed by atoms with van der Waals surface area (Å²) in [7, 11) is 0. The number of amides is 1. The summed E-state index contributed by atoms with van der Waals surface area (Å²) in [6, 6.07) is 5.35. The lowest BCUT2D eigenvalue weighted by atomic mass is 9.92. The number of hydrazine groups is 1. The second kappa shape index (κ2) is 10.3. The summed E-state index contributed by atoms with van der Waals surface area (Å²) in [5, 5.41) is 43.9. The molecule has 1 aliphatic carbocycles. The lowest BCUT2D eigenvalue weighted by Gasteiger charge is -2.40. The van der Waals surface area contributed by atoms with Gasteiger partial charge in [0.2, 0.25) is 5.91 Å². The van der Waals surface area contributed by atoms with Gasteiger partial charge in [0.15, 0.2) is 6.29 Å². The molecule has 9 N–H and O–H groups in total. The first-order valence-electron chi connectivity index (χ1n) is 11.4. The Morgan fingerprint density at radius 3 is 2.63 bits per heavy atom. The lowest BCUT2D eigenvalue weighted by molar-refractivity contribution is -0.253. The van der Waals surface area contributed by atoms with Gasteiger partial charge in [-0.3, -0.25) is 4.79 Å². The van der Waals surface area contributed by atoms with E-state index in [1.54, 1.807) is 12.1 Å². The highest BCUT2D eigenvalue weighted by Crippen LogP contribution is 2.30. The zero-order chi connectivity index (χ0) is 25.3. The van der Waals surface area contributed by atoms with Gasteiger partial charge >= 0.3 is 5.63 Å². The van der Waals surface area contributed by atoms with Crippen molar-refractivity contribution < 1.29 is 34.4 Å². The zero-order valence-corrected chi connectivity index (χ0v) is 19.0. The number of rotatable bonds is 5. The minimum Gasteiger partial charge on any atom is -0.423 e. The largest absolute Gasteiger partial charge is 0.423 e. The second-order valence-corrected chi connectivity index (χ2v) is 8.82. The van der Waals surface area contributed by atoms with Crippen molar-refractivity contribution in [3.8, 4) is 0 Å². The second-order valence-electron chi connectivity index (χ2n) is 8.82. The van der Waals surface area contributed by atoms with Crippen molar-refractivity contribution in [2.75, 3.05) is 13.2 Å². The Morgan fingerprint density at radius 2 is 1.89 bits per heavy atom. The van der Waals surface area contributed by atoms with E-state index in [0.29, 0.717) is 29.0 Å². The number of allylic oxidation sites excluding steroid dienone is 1. The van der Waals surface area contributed by atoms with Gasteiger partial charge < -0.3 is 45.6 Å². The fraction of sp³-hybridized carbons (Fsp3) is 0.478. The molecule has 1 aromatic carbocycles. The third-order valence-corrected chi connectivity index (χ3v) is 6.44. The molecule has 1 aliphatic heterocycles. The van der Waals surface area contributed by atoms with Gasteiger partial charge in [0.25, 0.3) is 0 Å². The van der Waals surface area contributed by atoms with Crippen LogP contribution < -0.4 is 22.5 Å². The van der Waals surface area contributed by atoms with Crippen LogP contribution in [0.5, 0.6) is 0 Å². The third kappa shape index (κ3) is 5.17. The Bertz CT molecular complexity index is 1180. The Morgan fingerprint density at radius 1 is 1.14 bits per heavy atom. The van der Waals surface area contributed by atoms with Gasteiger partial charge in [-0.15, -0.1) is 0 Å². The molecule has 1 aromatic heterocycles. The maximum Gasteiger partial charge on any atom is 0.336 e. The van der Waals surface area contributed by atoms with Crippen molar-refractivity contribution in [3.05, 3.63) is 51.5 Å². The fourth-order valence-corrected chi connectivity index (χ4v) is 4.55. The molecule has 0 saturated carbocycles. The van der Waals surface area contributed by atoms with Crippen LogP contribution in [0, 0.1) is 0 Å². The van der Waals surface area contributed by atoms with Crippen molar-refractivity contribution in [3.63, 3.8) is 0 Å². The van der Waals surface area contributed by atoms with Crippen LogP contribution in [-0.2, 0) is 16.0 Å². The molecule has 0 spiro atoms. The number of hydrogen-bond acceptors (Lipinski definition) is 11. The average molecular weight is 491 g/mol. The number of hydrogen-bond donors (Lipinski definition) is 7. The third-order valence-electron chi connectivity index (χ3n) is 6.44. The summed E-state index contributed by atoms with van der Waals surface area (Å²) < 4.78 is 10.4. The molecule has 35 heavy (non-hydrogen) atoms. The number of aliphatic hydroxyl groups is 4. The summed E-state index contributed by atoms with van der Waals surface area (Å²) >= 11 is 0. The van der Waals surface area contributed by atoms with Crippen molar-refractivity contribution in [2.45, 2.75) is 56.3 Å². The molecule has 4 rings (SSSR count). The van der Waals surface area contributed by atoms with Crippen molar-refractivity contribution in [1.82, 2.24) is 10.3 Å². The summed E-state index contributed by atoms with van der Waals surface area (Å²) in [5.74, 6) is 5.57. The minimum absolute atomic E-state index is 0.352. The fourth-order valence-electron chi connectivity index (χ4n) is 4.55. The van der Waals surface area contributed by atoms with Crippen LogP contribution in [0.4, 0.5) is 0 Å². The van der Waals surface area contributed by atoms with E-state index in [4.69, 9.17) is 20.7 Å². The zero-order valence-electron chi connectivity index (χ0n) is 19.0. The first-order valence-corrected chi connectivity index (χ1v) is 11.4. The minimum atomic E-state index is -1.64. The van der Waals surface area contributed by atoms with E-state index in [2.05, 4.69) is 5.32 Å². The molecule has 2 aromatic rings. The molecule has 0 bridgehead atoms. The molecule has 0 radical (unpaired) electrons. The van der Waals surface area contributed by atoms with E-state index in [1.807, 2.05) is 6.07 Å². The molecule has 12 heteroatoms. The molecule has 5 atom stereocenters. The summed E-state index contributed by atoms with van der Waals surface area (Å²) in [4.78, 5) is 24.3. The first-order chi connectivity index (χ1) is 16.7. The van der Waals surface area contributed by atoms with Crippen LogP contribution in [0.2, 0.25) is 0 Å². The van der Waals surface area contributed by atoms with Gasteiger partial charge in [-0.2, -0.15) is 0 Å². The maximum atomic E-state index is 12.7. The average Bonchev–Trinajstić information content (AvgIpc) is 2.82. The topological polar surface area (TPSA) is 205 Å². The number of benzene rings is 1. The lowest BCUT2D eigenvalue weighted by Crippen LogP contribution is -2.64. The molecular weight excluding hydrogens is 460 g/mol. The predicted molar refractivity (Wildman–Crippen MR) is 124 cm³/mol. The molecule has 190 valence electrons. The number of nitrogens with two attached hydrogens (primary N) is 2. The van der Waals surface area contributed by atoms with E-state index < -0.39 is 48.8 Å². The van der Waals surface area contributed by atoms with E-state index in [0.717, 1.165) is 30.2 Å². The van der Waals surface area contributed by atoms with Gasteiger partial charge in [-0.25, -0.2) is 10.6 Å². The van der Waals surface area contributed by atoms with E-state index in [9.17, 15) is 30.0 Å². The number of aliphatic hydroxyl groups excluding tert-OH is 4. The molecule has 5 unspecified atom stereocenters. The summed E-state index contributed by atoms with van der Waals surface area (Å²) in [6.45, 7) is -0.969.